The van der Waals surface area contributed by atoms with Crippen LogP contribution < -0.4 is 16.5 Å². The number of hydrazone groups is 1. The fraction of sp³-hybridized carbons (Fsp3) is 0.548. The van der Waals surface area contributed by atoms with Gasteiger partial charge in [-0.2, -0.15) is 18.3 Å². The van der Waals surface area contributed by atoms with Crippen LogP contribution in [-0.2, 0) is 19.3 Å². The van der Waals surface area contributed by atoms with E-state index >= 15 is 0 Å². The number of anilines is 1. The molecule has 0 aromatic heterocycles. The molecule has 1 atom stereocenters. The van der Waals surface area contributed by atoms with Crippen molar-refractivity contribution in [3.8, 4) is 0 Å². The third-order valence-corrected chi connectivity index (χ3v) is 6.84. The quantitative estimate of drug-likeness (QED) is 0.255. The number of nitrogens with one attached hydrogen (secondary N) is 2. The smallest absolute Gasteiger partial charge is 0.399 e. The van der Waals surface area contributed by atoms with E-state index in [-0.39, 0.29) is 36.4 Å². The van der Waals surface area contributed by atoms with E-state index in [1.54, 1.807) is 6.07 Å². The number of likely N-dealkylation sites (N-methyl/N-ethyl adjacent to an activating group) is 1. The van der Waals surface area contributed by atoms with Crippen molar-refractivity contribution < 1.29 is 20.8 Å². The molecule has 0 spiro atoms. The Morgan fingerprint density at radius 3 is 2.32 bits per heavy atom. The van der Waals surface area contributed by atoms with Crippen LogP contribution in [0.15, 0.2) is 41.5 Å². The van der Waals surface area contributed by atoms with Gasteiger partial charge in [0, 0.05) is 59.6 Å². The van der Waals surface area contributed by atoms with Gasteiger partial charge in [0.15, 0.2) is 0 Å². The molecular formula is C31H55F3N6O. The summed E-state index contributed by atoms with van der Waals surface area (Å²) < 4.78 is 38.1. The molecule has 2 aromatic rings. The second-order valence-electron chi connectivity index (χ2n) is 10.6. The van der Waals surface area contributed by atoms with Crippen molar-refractivity contribution in [2.45, 2.75) is 73.8 Å². The molecule has 1 unspecified atom stereocenters. The van der Waals surface area contributed by atoms with Gasteiger partial charge in [0.2, 0.25) is 0 Å². The first kappa shape index (κ1) is 38.0. The van der Waals surface area contributed by atoms with E-state index in [0.29, 0.717) is 18.0 Å². The number of rotatable bonds is 7. The zero-order valence-corrected chi connectivity index (χ0v) is 22.6. The first-order chi connectivity index (χ1) is 17.9. The van der Waals surface area contributed by atoms with Crippen molar-refractivity contribution in [3.63, 3.8) is 0 Å². The normalized spacial score (nSPS) is 18.7. The van der Waals surface area contributed by atoms with Gasteiger partial charge in [0.05, 0.1) is 17.6 Å². The number of nitrogen functional groups attached to an aromatic ring is 1. The zero-order valence-electron chi connectivity index (χ0n) is 22.6. The lowest BCUT2D eigenvalue weighted by molar-refractivity contribution is -0.137. The van der Waals surface area contributed by atoms with E-state index in [2.05, 4.69) is 52.5 Å². The maximum absolute atomic E-state index is 12.7. The summed E-state index contributed by atoms with van der Waals surface area (Å²) >= 11 is 0. The highest BCUT2D eigenvalue weighted by atomic mass is 19.4. The van der Waals surface area contributed by atoms with Gasteiger partial charge in [-0.15, -0.1) is 0 Å². The minimum absolute atomic E-state index is 0. The minimum atomic E-state index is -4.34. The first-order valence-corrected chi connectivity index (χ1v) is 12.9. The Hall–Kier alpha value is -2.95. The number of nitrogens with zero attached hydrogens (tertiary/aromatic N) is 3. The fourth-order valence-electron chi connectivity index (χ4n) is 4.50. The Morgan fingerprint density at radius 1 is 1.12 bits per heavy atom. The molecule has 0 radical (unpaired) electrons. The van der Waals surface area contributed by atoms with E-state index < -0.39 is 11.7 Å². The third kappa shape index (κ3) is 11.4. The number of hydrogen-bond donors (Lipinski definition) is 3. The van der Waals surface area contributed by atoms with Crippen molar-refractivity contribution in [2.75, 3.05) is 45.5 Å². The number of piperazine rings is 1. The van der Waals surface area contributed by atoms with Crippen molar-refractivity contribution >= 4 is 18.2 Å². The van der Waals surface area contributed by atoms with Gasteiger partial charge in [-0.05, 0) is 60.8 Å². The van der Waals surface area contributed by atoms with Gasteiger partial charge in [-0.1, -0.05) is 48.3 Å². The molecule has 2 heterocycles. The van der Waals surface area contributed by atoms with Gasteiger partial charge in [0.1, 0.15) is 6.29 Å². The highest BCUT2D eigenvalue weighted by Crippen LogP contribution is 2.31. The largest absolute Gasteiger partial charge is 0.416 e. The Morgan fingerprint density at radius 2 is 1.78 bits per heavy atom. The highest BCUT2D eigenvalue weighted by molar-refractivity contribution is 5.75. The summed E-state index contributed by atoms with van der Waals surface area (Å²) in [6.45, 7) is 12.1. The number of hydrogen-bond acceptors (Lipinski definition) is 7. The molecule has 0 aliphatic carbocycles. The Kier molecular flexibility index (Phi) is 15.3. The molecule has 1 saturated heterocycles. The third-order valence-electron chi connectivity index (χ3n) is 6.84. The van der Waals surface area contributed by atoms with Crippen LogP contribution in [0.3, 0.4) is 0 Å². The lowest BCUT2D eigenvalue weighted by atomic mass is 9.94. The second-order valence-corrected chi connectivity index (χ2v) is 10.6. The van der Waals surface area contributed by atoms with Crippen LogP contribution in [0.4, 0.5) is 18.9 Å². The van der Waals surface area contributed by atoms with Gasteiger partial charge in [-0.25, -0.2) is 0 Å². The summed E-state index contributed by atoms with van der Waals surface area (Å²) in [6.07, 6.45) is -1.55. The van der Waals surface area contributed by atoms with E-state index in [4.69, 9.17) is 5.73 Å². The Balaban J connectivity index is -0.000000667. The highest BCUT2D eigenvalue weighted by Gasteiger charge is 2.31. The van der Waals surface area contributed by atoms with Crippen LogP contribution in [0.25, 0.3) is 0 Å². The van der Waals surface area contributed by atoms with Crippen molar-refractivity contribution in [2.24, 2.45) is 5.10 Å². The van der Waals surface area contributed by atoms with Crippen LogP contribution in [0.1, 0.15) is 84.4 Å². The summed E-state index contributed by atoms with van der Waals surface area (Å²) in [5.74, 6) is 0.445. The minimum Gasteiger partial charge on any atom is -0.399 e. The topological polar surface area (TPSA) is 86.0 Å². The molecule has 0 saturated carbocycles. The number of carbonyl (C=O) groups is 1. The first-order valence-electron chi connectivity index (χ1n) is 12.9. The number of aldehydes is 1. The van der Waals surface area contributed by atoms with E-state index in [0.717, 1.165) is 57.2 Å². The molecular weight excluding hydrogens is 529 g/mol. The Labute approximate surface area is 248 Å². The van der Waals surface area contributed by atoms with Gasteiger partial charge in [-0.3, -0.25) is 9.69 Å². The van der Waals surface area contributed by atoms with Crippen molar-refractivity contribution in [3.05, 3.63) is 64.2 Å². The molecule has 0 amide bonds. The summed E-state index contributed by atoms with van der Waals surface area (Å²) in [4.78, 5) is 15.3. The lowest BCUT2D eigenvalue weighted by Gasteiger charge is -2.32. The van der Waals surface area contributed by atoms with Crippen LogP contribution in [0, 0.1) is 0 Å². The van der Waals surface area contributed by atoms with Crippen LogP contribution >= 0.6 is 0 Å². The molecule has 7 nitrogen and oxygen atoms in total. The Bertz CT molecular complexity index is 1130. The number of halogens is 3. The van der Waals surface area contributed by atoms with Crippen LogP contribution in [-0.4, -0.2) is 67.6 Å². The van der Waals surface area contributed by atoms with Crippen LogP contribution in [0.2, 0.25) is 0 Å². The standard InChI is InChI=1S/C15H21N3O.C13H18F3N3.3CH4.2H2/c1-11(2)14-5-4-12(8-19)6-13(14)7-16-15(3)9-17-18-10-15;1-18-2-4-19(5-3-18)9-10-6-11(13(14,15)16)8-12(17)7-10;;;;;/h4-6,8-9,11,16,18H,7,10H2,1-3H3;6-8H,2-5,9,17H2,1H3;3*1H4;2*1H. The van der Waals surface area contributed by atoms with Gasteiger partial charge >= 0.3 is 6.18 Å². The molecule has 4 rings (SSSR count). The average molecular weight is 585 g/mol. The summed E-state index contributed by atoms with van der Waals surface area (Å²) in [5.41, 5.74) is 11.7. The fourth-order valence-corrected chi connectivity index (χ4v) is 4.50. The molecule has 2 aromatic carbocycles. The van der Waals surface area contributed by atoms with Gasteiger partial charge < -0.3 is 21.4 Å². The molecule has 41 heavy (non-hydrogen) atoms. The number of nitrogens with two attached hydrogens (primary N) is 1. The molecule has 236 valence electrons. The predicted molar refractivity (Wildman–Crippen MR) is 171 cm³/mol. The van der Waals surface area contributed by atoms with Crippen molar-refractivity contribution in [1.29, 1.82) is 0 Å². The number of benzene rings is 2. The molecule has 1 fully saturated rings. The molecule has 4 N–H and O–H groups in total. The maximum Gasteiger partial charge on any atom is 0.416 e. The lowest BCUT2D eigenvalue weighted by Crippen LogP contribution is -2.46. The van der Waals surface area contributed by atoms with E-state index in [1.165, 1.54) is 17.2 Å². The summed E-state index contributed by atoms with van der Waals surface area (Å²) in [7, 11) is 2.04. The van der Waals surface area contributed by atoms with Crippen molar-refractivity contribution in [1.82, 2.24) is 20.5 Å². The van der Waals surface area contributed by atoms with Gasteiger partial charge in [0.25, 0.3) is 0 Å². The zero-order chi connectivity index (χ0) is 27.9. The SMILES string of the molecule is C.C.C.CC(C)c1ccc(C=O)cc1CNC1(C)C=NNC1.CN1CCN(Cc2cc(N)cc(C(F)(F)F)c2)CC1.[HH].[HH]. The molecule has 10 heteroatoms. The van der Waals surface area contributed by atoms with E-state index in [1.807, 2.05) is 25.4 Å². The average Bonchev–Trinajstić information content (AvgIpc) is 3.30. The monoisotopic (exact) mass is 584 g/mol. The molecule has 2 aliphatic rings. The predicted octanol–water partition coefficient (Wildman–Crippen LogP) is 6.50. The summed E-state index contributed by atoms with van der Waals surface area (Å²) in [6, 6.07) is 9.69. The maximum atomic E-state index is 12.7. The second kappa shape index (κ2) is 16.5. The molecule has 2 aliphatic heterocycles. The number of carbonyl (C=O) groups excluding carboxylic acids is 1. The molecule has 0 bridgehead atoms. The number of alkyl halides is 3. The van der Waals surface area contributed by atoms with E-state index in [9.17, 15) is 18.0 Å². The summed E-state index contributed by atoms with van der Waals surface area (Å²) in [5, 5.41) is 7.54. The van der Waals surface area contributed by atoms with Crippen LogP contribution in [0.5, 0.6) is 0 Å².